The van der Waals surface area contributed by atoms with Crippen LogP contribution in [0.1, 0.15) is 18.1 Å². The Hall–Kier alpha value is -1.77. The molecule has 0 heterocycles. The first kappa shape index (κ1) is 18.3. The van der Waals surface area contributed by atoms with E-state index in [-0.39, 0.29) is 12.4 Å². The van der Waals surface area contributed by atoms with Gasteiger partial charge in [-0.2, -0.15) is 0 Å². The Bertz CT molecular complexity index is 578. The van der Waals surface area contributed by atoms with Crippen LogP contribution in [-0.2, 0) is 6.54 Å². The van der Waals surface area contributed by atoms with Gasteiger partial charge in [0.15, 0.2) is 0 Å². The summed E-state index contributed by atoms with van der Waals surface area (Å²) < 4.78 is 5.19. The molecule has 0 saturated carbocycles. The quantitative estimate of drug-likeness (QED) is 0.768. The van der Waals surface area contributed by atoms with Gasteiger partial charge in [-0.05, 0) is 42.8 Å². The van der Waals surface area contributed by atoms with Gasteiger partial charge < -0.3 is 4.74 Å². The lowest BCUT2D eigenvalue weighted by molar-refractivity contribution is 0.363. The minimum atomic E-state index is 0. The van der Waals surface area contributed by atoms with Crippen LogP contribution in [0.3, 0.4) is 0 Å². The number of nitrogens with zero attached hydrogens (tertiary/aromatic N) is 1. The third kappa shape index (κ3) is 5.55. The van der Waals surface area contributed by atoms with E-state index in [0.29, 0.717) is 0 Å². The summed E-state index contributed by atoms with van der Waals surface area (Å²) in [4.78, 5) is 2.31. The highest BCUT2D eigenvalue weighted by molar-refractivity contribution is 5.85. The maximum absolute atomic E-state index is 5.19. The van der Waals surface area contributed by atoms with Crippen LogP contribution in [0, 0.1) is 0 Å². The Morgan fingerprint density at radius 1 is 1.05 bits per heavy atom. The summed E-state index contributed by atoms with van der Waals surface area (Å²) in [5.74, 6) is 0.896. The predicted molar refractivity (Wildman–Crippen MR) is 96.7 cm³/mol. The molecule has 0 aliphatic rings. The van der Waals surface area contributed by atoms with E-state index in [2.05, 4.69) is 67.4 Å². The second-order valence-electron chi connectivity index (χ2n) is 5.30. The van der Waals surface area contributed by atoms with Crippen LogP contribution in [0.4, 0.5) is 0 Å². The number of likely N-dealkylation sites (N-methyl/N-ethyl adjacent to an activating group) is 1. The molecule has 2 aromatic rings. The number of allylic oxidation sites excluding steroid dienone is 1. The minimum Gasteiger partial charge on any atom is -0.497 e. The van der Waals surface area contributed by atoms with E-state index in [1.807, 2.05) is 12.1 Å². The molecule has 0 aliphatic carbocycles. The van der Waals surface area contributed by atoms with E-state index in [1.165, 1.54) is 16.7 Å². The van der Waals surface area contributed by atoms with E-state index < -0.39 is 0 Å². The van der Waals surface area contributed by atoms with Gasteiger partial charge in [-0.3, -0.25) is 4.90 Å². The molecule has 22 heavy (non-hydrogen) atoms. The largest absolute Gasteiger partial charge is 0.497 e. The molecule has 3 heteroatoms. The van der Waals surface area contributed by atoms with E-state index >= 15 is 0 Å². The van der Waals surface area contributed by atoms with Gasteiger partial charge in [0, 0.05) is 13.1 Å². The average Bonchev–Trinajstić information content (AvgIpc) is 2.53. The van der Waals surface area contributed by atoms with Crippen LogP contribution in [0.15, 0.2) is 60.7 Å². The molecule has 0 aliphatic heterocycles. The monoisotopic (exact) mass is 317 g/mol. The Kier molecular flexibility index (Phi) is 7.72. The van der Waals surface area contributed by atoms with Gasteiger partial charge in [0.1, 0.15) is 5.75 Å². The molecule has 0 spiro atoms. The van der Waals surface area contributed by atoms with Crippen LogP contribution in [0.5, 0.6) is 5.75 Å². The van der Waals surface area contributed by atoms with Crippen molar-refractivity contribution in [3.63, 3.8) is 0 Å². The molecular weight excluding hydrogens is 294 g/mol. The summed E-state index contributed by atoms with van der Waals surface area (Å²) in [6.07, 6.45) is 2.27. The molecular formula is C19H24ClNO. The lowest BCUT2D eigenvalue weighted by Gasteiger charge is -2.15. The number of hydrogen-bond acceptors (Lipinski definition) is 2. The Labute approximate surface area is 139 Å². The lowest BCUT2D eigenvalue weighted by atomic mass is 10.1. The molecule has 0 radical (unpaired) electrons. The van der Waals surface area contributed by atoms with Gasteiger partial charge in [0.2, 0.25) is 0 Å². The number of ether oxygens (including phenoxy) is 1. The Balaban J connectivity index is 0.00000242. The van der Waals surface area contributed by atoms with Crippen molar-refractivity contribution >= 4 is 18.0 Å². The third-order valence-electron chi connectivity index (χ3n) is 3.55. The van der Waals surface area contributed by atoms with Crippen LogP contribution in [0.25, 0.3) is 5.57 Å². The molecule has 0 fully saturated rings. The van der Waals surface area contributed by atoms with E-state index in [9.17, 15) is 0 Å². The topological polar surface area (TPSA) is 12.5 Å². The van der Waals surface area contributed by atoms with Crippen molar-refractivity contribution in [3.05, 3.63) is 71.8 Å². The molecule has 0 amide bonds. The highest BCUT2D eigenvalue weighted by Gasteiger charge is 2.00. The molecule has 0 bridgehead atoms. The van der Waals surface area contributed by atoms with Crippen LogP contribution in [0.2, 0.25) is 0 Å². The molecule has 0 saturated heterocycles. The van der Waals surface area contributed by atoms with Crippen molar-refractivity contribution in [1.82, 2.24) is 4.90 Å². The third-order valence-corrected chi connectivity index (χ3v) is 3.55. The maximum atomic E-state index is 5.19. The molecule has 0 unspecified atom stereocenters. The van der Waals surface area contributed by atoms with E-state index in [4.69, 9.17) is 4.74 Å². The molecule has 2 rings (SSSR count). The molecule has 2 nitrogen and oxygen atoms in total. The highest BCUT2D eigenvalue weighted by atomic mass is 35.5. The van der Waals surface area contributed by atoms with Crippen molar-refractivity contribution in [1.29, 1.82) is 0 Å². The van der Waals surface area contributed by atoms with Gasteiger partial charge in [-0.1, -0.05) is 48.5 Å². The fourth-order valence-corrected chi connectivity index (χ4v) is 2.22. The number of benzene rings is 2. The van der Waals surface area contributed by atoms with Crippen LogP contribution >= 0.6 is 12.4 Å². The Morgan fingerprint density at radius 3 is 2.27 bits per heavy atom. The van der Waals surface area contributed by atoms with Gasteiger partial charge in [-0.25, -0.2) is 0 Å². The summed E-state index contributed by atoms with van der Waals surface area (Å²) in [7, 11) is 3.83. The molecule has 0 aromatic heterocycles. The summed E-state index contributed by atoms with van der Waals surface area (Å²) in [6, 6.07) is 18.7. The zero-order valence-corrected chi connectivity index (χ0v) is 14.3. The van der Waals surface area contributed by atoms with Gasteiger partial charge in [0.25, 0.3) is 0 Å². The second-order valence-corrected chi connectivity index (χ2v) is 5.30. The molecule has 0 atom stereocenters. The smallest absolute Gasteiger partial charge is 0.118 e. The SMILES string of the molecule is COc1ccc(/C(C)=C/CN(C)Cc2ccccc2)cc1.Cl. The van der Waals surface area contributed by atoms with E-state index in [0.717, 1.165) is 18.8 Å². The first-order valence-electron chi connectivity index (χ1n) is 7.22. The maximum Gasteiger partial charge on any atom is 0.118 e. The van der Waals surface area contributed by atoms with Crippen molar-refractivity contribution in [2.75, 3.05) is 20.7 Å². The fraction of sp³-hybridized carbons (Fsp3) is 0.263. The van der Waals surface area contributed by atoms with Crippen LogP contribution < -0.4 is 4.74 Å². The van der Waals surface area contributed by atoms with Crippen molar-refractivity contribution in [2.24, 2.45) is 0 Å². The average molecular weight is 318 g/mol. The zero-order chi connectivity index (χ0) is 15.1. The number of hydrogen-bond donors (Lipinski definition) is 0. The summed E-state index contributed by atoms with van der Waals surface area (Å²) in [5, 5.41) is 0. The summed E-state index contributed by atoms with van der Waals surface area (Å²) >= 11 is 0. The molecule has 118 valence electrons. The van der Waals surface area contributed by atoms with Crippen molar-refractivity contribution in [3.8, 4) is 5.75 Å². The van der Waals surface area contributed by atoms with Gasteiger partial charge in [-0.15, -0.1) is 12.4 Å². The van der Waals surface area contributed by atoms with Crippen LogP contribution in [-0.4, -0.2) is 25.6 Å². The number of methoxy groups -OCH3 is 1. The zero-order valence-electron chi connectivity index (χ0n) is 13.5. The lowest BCUT2D eigenvalue weighted by Crippen LogP contribution is -2.17. The van der Waals surface area contributed by atoms with Crippen molar-refractivity contribution in [2.45, 2.75) is 13.5 Å². The fourth-order valence-electron chi connectivity index (χ4n) is 2.22. The van der Waals surface area contributed by atoms with Gasteiger partial charge in [0.05, 0.1) is 7.11 Å². The first-order valence-corrected chi connectivity index (χ1v) is 7.22. The van der Waals surface area contributed by atoms with E-state index in [1.54, 1.807) is 7.11 Å². The Morgan fingerprint density at radius 2 is 1.68 bits per heavy atom. The molecule has 0 N–H and O–H groups in total. The first-order chi connectivity index (χ1) is 10.2. The van der Waals surface area contributed by atoms with Gasteiger partial charge >= 0.3 is 0 Å². The summed E-state index contributed by atoms with van der Waals surface area (Å²) in [5.41, 5.74) is 3.87. The number of halogens is 1. The van der Waals surface area contributed by atoms with Crippen molar-refractivity contribution < 1.29 is 4.74 Å². The second kappa shape index (κ2) is 9.29. The normalized spacial score (nSPS) is 11.2. The molecule has 2 aromatic carbocycles. The predicted octanol–water partition coefficient (Wildman–Crippen LogP) is 4.65. The minimum absolute atomic E-state index is 0. The summed E-state index contributed by atoms with van der Waals surface area (Å²) in [6.45, 7) is 4.05. The standard InChI is InChI=1S/C19H23NO.ClH/c1-16(18-9-11-19(21-3)12-10-18)13-14-20(2)15-17-7-5-4-6-8-17;/h4-13H,14-15H2,1-3H3;1H/b16-13+;. The number of rotatable bonds is 6. The highest BCUT2D eigenvalue weighted by Crippen LogP contribution is 2.18.